The first-order chi connectivity index (χ1) is 7.06. The molecule has 0 saturated heterocycles. The zero-order valence-electron chi connectivity index (χ0n) is 9.08. The summed E-state index contributed by atoms with van der Waals surface area (Å²) in [4.78, 5) is 33.1. The monoisotopic (exact) mass is 215 g/mol. The van der Waals surface area contributed by atoms with Gasteiger partial charge >= 0.3 is 0 Å². The average molecular weight is 215 g/mol. The molecule has 6 nitrogen and oxygen atoms in total. The summed E-state index contributed by atoms with van der Waals surface area (Å²) in [6, 6.07) is 0. The molecule has 0 aromatic rings. The minimum Gasteiger partial charge on any atom is -0.355 e. The van der Waals surface area contributed by atoms with Gasteiger partial charge in [0.15, 0.2) is 0 Å². The minimum absolute atomic E-state index is 0.122. The number of rotatable bonds is 7. The van der Waals surface area contributed by atoms with Crippen molar-refractivity contribution in [1.82, 2.24) is 15.5 Å². The molecule has 0 fully saturated rings. The highest BCUT2D eigenvalue weighted by molar-refractivity contribution is 5.73. The molecule has 0 atom stereocenters. The van der Waals surface area contributed by atoms with Crippen molar-refractivity contribution < 1.29 is 14.4 Å². The van der Waals surface area contributed by atoms with Crippen molar-refractivity contribution >= 4 is 18.2 Å². The van der Waals surface area contributed by atoms with Gasteiger partial charge in [0.2, 0.25) is 18.2 Å². The van der Waals surface area contributed by atoms with Crippen molar-refractivity contribution in [2.24, 2.45) is 0 Å². The summed E-state index contributed by atoms with van der Waals surface area (Å²) in [7, 11) is 0. The first-order valence-electron chi connectivity index (χ1n) is 4.74. The van der Waals surface area contributed by atoms with Gasteiger partial charge in [0.05, 0.1) is 0 Å². The Hall–Kier alpha value is -1.59. The molecule has 0 heterocycles. The molecule has 6 heteroatoms. The molecule has 0 aliphatic heterocycles. The lowest BCUT2D eigenvalue weighted by molar-refractivity contribution is -0.121. The van der Waals surface area contributed by atoms with Gasteiger partial charge in [-0.15, -0.1) is 0 Å². The van der Waals surface area contributed by atoms with Gasteiger partial charge in [0.25, 0.3) is 0 Å². The fourth-order valence-corrected chi connectivity index (χ4v) is 0.968. The summed E-state index contributed by atoms with van der Waals surface area (Å²) >= 11 is 0. The summed E-state index contributed by atoms with van der Waals surface area (Å²) in [6.45, 7) is 4.58. The zero-order valence-corrected chi connectivity index (χ0v) is 9.08. The van der Waals surface area contributed by atoms with Crippen LogP contribution in [-0.4, -0.2) is 49.3 Å². The molecule has 0 unspecified atom stereocenters. The fraction of sp³-hybridized carbons (Fsp3) is 0.667. The molecule has 86 valence electrons. The van der Waals surface area contributed by atoms with E-state index < -0.39 is 0 Å². The van der Waals surface area contributed by atoms with Crippen molar-refractivity contribution in [3.63, 3.8) is 0 Å². The van der Waals surface area contributed by atoms with Crippen molar-refractivity contribution in [2.45, 2.75) is 13.8 Å². The second kappa shape index (κ2) is 7.78. The van der Waals surface area contributed by atoms with E-state index in [0.717, 1.165) is 0 Å². The average Bonchev–Trinajstić information content (AvgIpc) is 2.14. The molecule has 0 bridgehead atoms. The summed E-state index contributed by atoms with van der Waals surface area (Å²) in [5.74, 6) is -0.245. The summed E-state index contributed by atoms with van der Waals surface area (Å²) in [6.07, 6.45) is 0.698. The van der Waals surface area contributed by atoms with Crippen LogP contribution < -0.4 is 10.6 Å². The van der Waals surface area contributed by atoms with Crippen LogP contribution in [-0.2, 0) is 14.4 Å². The van der Waals surface area contributed by atoms with Crippen LogP contribution in [0.3, 0.4) is 0 Å². The number of amides is 3. The fourth-order valence-electron chi connectivity index (χ4n) is 0.968. The Morgan fingerprint density at radius 1 is 1.07 bits per heavy atom. The predicted molar refractivity (Wildman–Crippen MR) is 55.0 cm³/mol. The van der Waals surface area contributed by atoms with Crippen LogP contribution in [0.1, 0.15) is 13.8 Å². The third-order valence-electron chi connectivity index (χ3n) is 1.69. The summed E-state index contributed by atoms with van der Waals surface area (Å²) in [5.41, 5.74) is 0. The van der Waals surface area contributed by atoms with E-state index >= 15 is 0 Å². The lowest BCUT2D eigenvalue weighted by Gasteiger charge is -2.17. The number of carbonyl (C=O) groups is 3. The lowest BCUT2D eigenvalue weighted by Crippen LogP contribution is -2.38. The summed E-state index contributed by atoms with van der Waals surface area (Å²) < 4.78 is 0. The van der Waals surface area contributed by atoms with Gasteiger partial charge in [0.1, 0.15) is 0 Å². The van der Waals surface area contributed by atoms with Crippen LogP contribution in [0, 0.1) is 0 Å². The molecule has 0 aromatic heterocycles. The molecule has 2 N–H and O–H groups in total. The molecule has 0 aliphatic rings. The van der Waals surface area contributed by atoms with Crippen molar-refractivity contribution in [2.75, 3.05) is 26.2 Å². The van der Waals surface area contributed by atoms with Crippen molar-refractivity contribution in [3.05, 3.63) is 0 Å². The molecular weight excluding hydrogens is 198 g/mol. The SMILES string of the molecule is CC(=O)NCCN(C=O)CCNC(C)=O. The molecule has 15 heavy (non-hydrogen) atoms. The zero-order chi connectivity index (χ0) is 11.7. The van der Waals surface area contributed by atoms with Gasteiger partial charge in [-0.05, 0) is 0 Å². The Kier molecular flexibility index (Phi) is 6.96. The molecule has 0 saturated carbocycles. The standard InChI is InChI=1S/C9H17N3O3/c1-8(14)10-3-5-12(7-13)6-4-11-9(2)15/h7H,3-6H2,1-2H3,(H,10,14)(H,11,15). The third kappa shape index (κ3) is 8.73. The minimum atomic E-state index is -0.122. The van der Waals surface area contributed by atoms with Gasteiger partial charge in [-0.25, -0.2) is 0 Å². The summed E-state index contributed by atoms with van der Waals surface area (Å²) in [5, 5.41) is 5.17. The van der Waals surface area contributed by atoms with Gasteiger partial charge < -0.3 is 15.5 Å². The Bertz CT molecular complexity index is 211. The largest absolute Gasteiger partial charge is 0.355 e. The molecular formula is C9H17N3O3. The number of nitrogens with zero attached hydrogens (tertiary/aromatic N) is 1. The van der Waals surface area contributed by atoms with E-state index in [1.165, 1.54) is 18.7 Å². The van der Waals surface area contributed by atoms with Crippen LogP contribution in [0.5, 0.6) is 0 Å². The van der Waals surface area contributed by atoms with E-state index in [9.17, 15) is 14.4 Å². The molecule has 0 rings (SSSR count). The topological polar surface area (TPSA) is 78.5 Å². The van der Waals surface area contributed by atoms with Crippen LogP contribution in [0.25, 0.3) is 0 Å². The van der Waals surface area contributed by atoms with E-state index in [4.69, 9.17) is 0 Å². The predicted octanol–water partition coefficient (Wildman–Crippen LogP) is -1.28. The van der Waals surface area contributed by atoms with E-state index in [-0.39, 0.29) is 11.8 Å². The number of hydrogen-bond acceptors (Lipinski definition) is 3. The Morgan fingerprint density at radius 2 is 1.47 bits per heavy atom. The van der Waals surface area contributed by atoms with E-state index in [1.807, 2.05) is 0 Å². The maximum absolute atomic E-state index is 10.6. The van der Waals surface area contributed by atoms with Gasteiger partial charge in [-0.1, -0.05) is 0 Å². The smallest absolute Gasteiger partial charge is 0.216 e. The number of nitrogens with one attached hydrogen (secondary N) is 2. The van der Waals surface area contributed by atoms with Gasteiger partial charge in [-0.3, -0.25) is 14.4 Å². The Labute approximate surface area is 89.0 Å². The first-order valence-corrected chi connectivity index (χ1v) is 4.74. The second-order valence-corrected chi connectivity index (χ2v) is 3.11. The Balaban J connectivity index is 3.59. The van der Waals surface area contributed by atoms with Crippen molar-refractivity contribution in [3.8, 4) is 0 Å². The second-order valence-electron chi connectivity index (χ2n) is 3.11. The van der Waals surface area contributed by atoms with Crippen LogP contribution >= 0.6 is 0 Å². The molecule has 0 spiro atoms. The molecule has 0 radical (unpaired) electrons. The molecule has 0 aromatic carbocycles. The number of carbonyl (C=O) groups excluding carboxylic acids is 3. The highest BCUT2D eigenvalue weighted by atomic mass is 16.2. The first kappa shape index (κ1) is 13.4. The van der Waals surface area contributed by atoms with Gasteiger partial charge in [0, 0.05) is 40.0 Å². The number of hydrogen-bond donors (Lipinski definition) is 2. The van der Waals surface area contributed by atoms with Gasteiger partial charge in [-0.2, -0.15) is 0 Å². The van der Waals surface area contributed by atoms with Crippen molar-refractivity contribution in [1.29, 1.82) is 0 Å². The normalized spacial score (nSPS) is 9.20. The third-order valence-corrected chi connectivity index (χ3v) is 1.69. The van der Waals surface area contributed by atoms with E-state index in [0.29, 0.717) is 32.6 Å². The van der Waals surface area contributed by atoms with E-state index in [1.54, 1.807) is 0 Å². The highest BCUT2D eigenvalue weighted by Gasteiger charge is 2.01. The maximum atomic E-state index is 10.6. The van der Waals surface area contributed by atoms with Crippen LogP contribution in [0.2, 0.25) is 0 Å². The Morgan fingerprint density at radius 3 is 1.73 bits per heavy atom. The molecule has 3 amide bonds. The van der Waals surface area contributed by atoms with Crippen LogP contribution in [0.4, 0.5) is 0 Å². The highest BCUT2D eigenvalue weighted by Crippen LogP contribution is 1.80. The lowest BCUT2D eigenvalue weighted by atomic mass is 10.4. The molecule has 0 aliphatic carbocycles. The quantitative estimate of drug-likeness (QED) is 0.519. The maximum Gasteiger partial charge on any atom is 0.216 e. The van der Waals surface area contributed by atoms with E-state index in [2.05, 4.69) is 10.6 Å². The van der Waals surface area contributed by atoms with Crippen LogP contribution in [0.15, 0.2) is 0 Å².